The summed E-state index contributed by atoms with van der Waals surface area (Å²) in [5.74, 6) is 0.793. The second-order valence-electron chi connectivity index (χ2n) is 7.21. The number of ether oxygens (including phenoxy) is 1. The van der Waals surface area contributed by atoms with Crippen LogP contribution in [0.4, 0.5) is 0 Å². The van der Waals surface area contributed by atoms with Gasteiger partial charge in [-0.15, -0.1) is 0 Å². The van der Waals surface area contributed by atoms with E-state index in [1.165, 1.54) is 11.1 Å². The highest BCUT2D eigenvalue weighted by Gasteiger charge is 2.27. The summed E-state index contributed by atoms with van der Waals surface area (Å²) >= 11 is 0. The van der Waals surface area contributed by atoms with Crippen molar-refractivity contribution in [1.29, 1.82) is 0 Å². The summed E-state index contributed by atoms with van der Waals surface area (Å²) in [7, 11) is 1.88. The lowest BCUT2D eigenvalue weighted by Crippen LogP contribution is -2.28. The van der Waals surface area contributed by atoms with Crippen LogP contribution in [0.2, 0.25) is 0 Å². The fraction of sp³-hybridized carbons (Fsp3) is 0.200. The van der Waals surface area contributed by atoms with Crippen molar-refractivity contribution in [2.24, 2.45) is 0 Å². The molecule has 4 nitrogen and oxygen atoms in total. The third-order valence-electron chi connectivity index (χ3n) is 5.33. The summed E-state index contributed by atoms with van der Waals surface area (Å²) in [5, 5.41) is 0. The molecule has 0 saturated heterocycles. The third kappa shape index (κ3) is 4.54. The molecule has 0 spiro atoms. The summed E-state index contributed by atoms with van der Waals surface area (Å²) in [6, 6.07) is 22.0. The Hall–Kier alpha value is -3.40. The Balaban J connectivity index is 1.34. The van der Waals surface area contributed by atoms with Crippen LogP contribution in [0.15, 0.2) is 79.0 Å². The maximum Gasteiger partial charge on any atom is 0.246 e. The van der Waals surface area contributed by atoms with E-state index in [1.807, 2.05) is 66.6 Å². The minimum Gasteiger partial charge on any atom is -0.487 e. The van der Waals surface area contributed by atoms with E-state index >= 15 is 0 Å². The number of carbonyl (C=O) groups is 1. The second-order valence-corrected chi connectivity index (χ2v) is 7.21. The van der Waals surface area contributed by atoms with E-state index in [9.17, 15) is 4.79 Å². The van der Waals surface area contributed by atoms with Gasteiger partial charge in [-0.05, 0) is 59.9 Å². The topological polar surface area (TPSA) is 42.4 Å². The molecular weight excluding hydrogens is 360 g/mol. The van der Waals surface area contributed by atoms with Crippen molar-refractivity contribution in [3.8, 4) is 5.75 Å². The van der Waals surface area contributed by atoms with Crippen LogP contribution in [-0.4, -0.2) is 22.8 Å². The van der Waals surface area contributed by atoms with Crippen molar-refractivity contribution in [2.45, 2.75) is 25.5 Å². The maximum atomic E-state index is 12.6. The fourth-order valence-corrected chi connectivity index (χ4v) is 3.69. The highest BCUT2D eigenvalue weighted by atomic mass is 16.5. The van der Waals surface area contributed by atoms with Gasteiger partial charge < -0.3 is 9.64 Å². The van der Waals surface area contributed by atoms with E-state index in [2.05, 4.69) is 23.2 Å². The molecular formula is C25H24N2O2. The van der Waals surface area contributed by atoms with Crippen molar-refractivity contribution < 1.29 is 9.53 Å². The number of fused-ring (bicyclic) bond motifs is 1. The molecule has 0 aliphatic heterocycles. The van der Waals surface area contributed by atoms with Crippen LogP contribution < -0.4 is 4.74 Å². The van der Waals surface area contributed by atoms with Gasteiger partial charge in [0.05, 0.1) is 11.7 Å². The number of amides is 1. The Morgan fingerprint density at radius 3 is 2.69 bits per heavy atom. The van der Waals surface area contributed by atoms with Gasteiger partial charge in [0.15, 0.2) is 0 Å². The third-order valence-corrected chi connectivity index (χ3v) is 5.33. The molecule has 3 aromatic rings. The Morgan fingerprint density at radius 2 is 1.90 bits per heavy atom. The molecule has 0 N–H and O–H groups in total. The summed E-state index contributed by atoms with van der Waals surface area (Å²) in [6.45, 7) is 0.433. The average molecular weight is 384 g/mol. The number of hydrogen-bond donors (Lipinski definition) is 0. The van der Waals surface area contributed by atoms with Crippen molar-refractivity contribution in [3.05, 3.63) is 101 Å². The molecule has 1 aliphatic rings. The number of hydrogen-bond acceptors (Lipinski definition) is 3. The first-order valence-electron chi connectivity index (χ1n) is 9.86. The molecule has 1 amide bonds. The minimum atomic E-state index is 0.0159. The number of carbonyl (C=O) groups excluding carboxylic acids is 1. The van der Waals surface area contributed by atoms with Crippen LogP contribution in [0.25, 0.3) is 6.08 Å². The molecule has 1 atom stereocenters. The summed E-state index contributed by atoms with van der Waals surface area (Å²) < 4.78 is 5.75. The largest absolute Gasteiger partial charge is 0.487 e. The molecule has 146 valence electrons. The quantitative estimate of drug-likeness (QED) is 0.572. The first-order chi connectivity index (χ1) is 14.2. The number of aryl methyl sites for hydroxylation is 1. The monoisotopic (exact) mass is 384 g/mol. The van der Waals surface area contributed by atoms with E-state index in [1.54, 1.807) is 12.3 Å². The lowest BCUT2D eigenvalue weighted by molar-refractivity contribution is -0.126. The first kappa shape index (κ1) is 18.9. The van der Waals surface area contributed by atoms with E-state index in [0.29, 0.717) is 6.61 Å². The van der Waals surface area contributed by atoms with Crippen LogP contribution >= 0.6 is 0 Å². The van der Waals surface area contributed by atoms with Crippen molar-refractivity contribution >= 4 is 12.0 Å². The molecule has 4 rings (SSSR count). The van der Waals surface area contributed by atoms with Gasteiger partial charge in [0.25, 0.3) is 0 Å². The van der Waals surface area contributed by atoms with Gasteiger partial charge in [-0.2, -0.15) is 0 Å². The van der Waals surface area contributed by atoms with E-state index < -0.39 is 0 Å². The van der Waals surface area contributed by atoms with E-state index in [0.717, 1.165) is 29.8 Å². The summed E-state index contributed by atoms with van der Waals surface area (Å²) in [4.78, 5) is 18.7. The van der Waals surface area contributed by atoms with Gasteiger partial charge in [-0.25, -0.2) is 0 Å². The standard InChI is InChI=1S/C25H24N2O2/c1-27(24-15-12-20-6-2-3-8-23(20)24)25(28)16-11-19-9-13-22(14-10-19)29-18-21-7-4-5-17-26-21/h2-11,13-14,16-17,24H,12,15,18H2,1H3/b16-11+/t24-/m0/s1. The zero-order valence-electron chi connectivity index (χ0n) is 16.5. The van der Waals surface area contributed by atoms with Gasteiger partial charge in [-0.1, -0.05) is 42.5 Å². The van der Waals surface area contributed by atoms with E-state index in [-0.39, 0.29) is 11.9 Å². The number of benzene rings is 2. The Labute approximate surface area is 171 Å². The molecule has 0 fully saturated rings. The minimum absolute atomic E-state index is 0.0159. The lowest BCUT2D eigenvalue weighted by atomic mass is 10.1. The molecule has 0 saturated carbocycles. The number of pyridine rings is 1. The highest BCUT2D eigenvalue weighted by Crippen LogP contribution is 2.34. The molecule has 1 aliphatic carbocycles. The van der Waals surface area contributed by atoms with Gasteiger partial charge >= 0.3 is 0 Å². The van der Waals surface area contributed by atoms with Gasteiger partial charge in [0.2, 0.25) is 5.91 Å². The van der Waals surface area contributed by atoms with Crippen LogP contribution in [0.1, 0.15) is 34.8 Å². The first-order valence-corrected chi connectivity index (χ1v) is 9.86. The Kier molecular flexibility index (Phi) is 5.71. The number of likely N-dealkylation sites (N-methyl/N-ethyl adjacent to an activating group) is 1. The molecule has 0 bridgehead atoms. The van der Waals surface area contributed by atoms with E-state index in [4.69, 9.17) is 4.74 Å². The molecule has 2 aromatic carbocycles. The molecule has 0 unspecified atom stereocenters. The van der Waals surface area contributed by atoms with Crippen LogP contribution in [-0.2, 0) is 17.8 Å². The predicted octanol–water partition coefficient (Wildman–Crippen LogP) is 4.82. The van der Waals surface area contributed by atoms with Gasteiger partial charge in [0.1, 0.15) is 12.4 Å². The Morgan fingerprint density at radius 1 is 1.10 bits per heavy atom. The normalized spacial score (nSPS) is 15.3. The summed E-state index contributed by atoms with van der Waals surface area (Å²) in [5.41, 5.74) is 4.47. The molecule has 1 aromatic heterocycles. The van der Waals surface area contributed by atoms with Crippen molar-refractivity contribution in [3.63, 3.8) is 0 Å². The molecule has 0 radical (unpaired) electrons. The molecule has 4 heteroatoms. The van der Waals surface area contributed by atoms with Crippen molar-refractivity contribution in [1.82, 2.24) is 9.88 Å². The number of rotatable bonds is 6. The van der Waals surface area contributed by atoms with Crippen LogP contribution in [0, 0.1) is 0 Å². The van der Waals surface area contributed by atoms with Crippen molar-refractivity contribution in [2.75, 3.05) is 7.05 Å². The van der Waals surface area contributed by atoms with Crippen LogP contribution in [0.3, 0.4) is 0 Å². The van der Waals surface area contributed by atoms with Gasteiger partial charge in [0, 0.05) is 19.3 Å². The maximum absolute atomic E-state index is 12.6. The SMILES string of the molecule is CN(C(=O)/C=C/c1ccc(OCc2ccccn2)cc1)[C@H]1CCc2ccccc21. The van der Waals surface area contributed by atoms with Gasteiger partial charge in [-0.3, -0.25) is 9.78 Å². The second kappa shape index (κ2) is 8.74. The number of aromatic nitrogens is 1. The fourth-order valence-electron chi connectivity index (χ4n) is 3.69. The Bertz CT molecular complexity index is 997. The molecule has 1 heterocycles. The van der Waals surface area contributed by atoms with Crippen LogP contribution in [0.5, 0.6) is 5.75 Å². The zero-order valence-corrected chi connectivity index (χ0v) is 16.5. The predicted molar refractivity (Wildman–Crippen MR) is 114 cm³/mol. The smallest absolute Gasteiger partial charge is 0.246 e. The summed E-state index contributed by atoms with van der Waals surface area (Å²) in [6.07, 6.45) is 7.26. The molecule has 29 heavy (non-hydrogen) atoms. The lowest BCUT2D eigenvalue weighted by Gasteiger charge is -2.24. The highest BCUT2D eigenvalue weighted by molar-refractivity contribution is 5.92. The zero-order chi connectivity index (χ0) is 20.1. The number of nitrogens with zero attached hydrogens (tertiary/aromatic N) is 2. The average Bonchev–Trinajstić information content (AvgIpc) is 3.21.